The summed E-state index contributed by atoms with van der Waals surface area (Å²) in [5.74, 6) is -5.72. The predicted octanol–water partition coefficient (Wildman–Crippen LogP) is -2.46. The van der Waals surface area contributed by atoms with Gasteiger partial charge in [-0.3, -0.25) is 19.2 Å². The third-order valence-electron chi connectivity index (χ3n) is 3.16. The summed E-state index contributed by atoms with van der Waals surface area (Å²) >= 11 is 0. The van der Waals surface area contributed by atoms with E-state index in [1.807, 2.05) is 5.32 Å². The van der Waals surface area contributed by atoms with Crippen molar-refractivity contribution in [3.05, 3.63) is 0 Å². The summed E-state index contributed by atoms with van der Waals surface area (Å²) in [5.41, 5.74) is -2.26. The molecule has 2 rings (SSSR count). The fraction of sp³-hybridized carbons (Fsp3) is 0.545. The Hall–Kier alpha value is -2.69. The van der Waals surface area contributed by atoms with Gasteiger partial charge in [-0.15, -0.1) is 0 Å². The van der Waals surface area contributed by atoms with Crippen LogP contribution in [0.15, 0.2) is 0 Å². The summed E-state index contributed by atoms with van der Waals surface area (Å²) < 4.78 is 8.90. The topological polar surface area (TPSA) is 149 Å². The van der Waals surface area contributed by atoms with E-state index in [0.29, 0.717) is 5.06 Å². The normalized spacial score (nSPS) is 27.5. The van der Waals surface area contributed by atoms with E-state index in [4.69, 9.17) is 9.57 Å². The SMILES string of the molecule is COC(=O)C(=O)N[C@H]1CON(C2(C(=O)O)CCC(=O)O2)C1=O. The maximum Gasteiger partial charge on any atom is 0.396 e. The van der Waals surface area contributed by atoms with E-state index >= 15 is 0 Å². The average Bonchev–Trinajstić information content (AvgIpc) is 3.03. The first-order valence-electron chi connectivity index (χ1n) is 6.13. The van der Waals surface area contributed by atoms with Gasteiger partial charge in [0.25, 0.3) is 5.91 Å². The minimum Gasteiger partial charge on any atom is -0.477 e. The zero-order valence-corrected chi connectivity index (χ0v) is 11.4. The number of carboxylic acids is 1. The van der Waals surface area contributed by atoms with Crippen molar-refractivity contribution in [3.8, 4) is 0 Å². The molecule has 0 spiro atoms. The monoisotopic (exact) mass is 316 g/mol. The van der Waals surface area contributed by atoms with Crippen LogP contribution in [0.3, 0.4) is 0 Å². The Kier molecular flexibility index (Phi) is 3.99. The van der Waals surface area contributed by atoms with E-state index in [0.717, 1.165) is 7.11 Å². The minimum absolute atomic E-state index is 0.196. The molecule has 2 aliphatic rings. The molecule has 1 unspecified atom stereocenters. The average molecular weight is 316 g/mol. The standard InChI is InChI=1S/C11H12N2O9/c1-20-9(17)7(15)12-5-4-21-13(8(5)16)11(10(18)19)3-2-6(14)22-11/h5H,2-4H2,1H3,(H,12,15)(H,18,19)/t5-,11?/m0/s1. The second kappa shape index (κ2) is 5.60. The Morgan fingerprint density at radius 2 is 2.09 bits per heavy atom. The molecule has 2 aliphatic heterocycles. The van der Waals surface area contributed by atoms with Gasteiger partial charge in [0.05, 0.1) is 13.5 Å². The number of carbonyl (C=O) groups excluding carboxylic acids is 4. The lowest BCUT2D eigenvalue weighted by molar-refractivity contribution is -0.256. The molecular weight excluding hydrogens is 304 g/mol. The van der Waals surface area contributed by atoms with Crippen molar-refractivity contribution in [1.82, 2.24) is 10.4 Å². The van der Waals surface area contributed by atoms with Crippen molar-refractivity contribution in [1.29, 1.82) is 0 Å². The zero-order chi connectivity index (χ0) is 16.5. The van der Waals surface area contributed by atoms with Crippen LogP contribution in [-0.4, -0.2) is 65.4 Å². The Morgan fingerprint density at radius 3 is 2.59 bits per heavy atom. The van der Waals surface area contributed by atoms with Crippen molar-refractivity contribution in [3.63, 3.8) is 0 Å². The third-order valence-corrected chi connectivity index (χ3v) is 3.16. The van der Waals surface area contributed by atoms with Gasteiger partial charge in [-0.25, -0.2) is 9.59 Å². The maximum absolute atomic E-state index is 12.1. The number of rotatable bonds is 3. The summed E-state index contributed by atoms with van der Waals surface area (Å²) in [6, 6.07) is -1.29. The molecule has 0 aromatic rings. The molecule has 2 fully saturated rings. The number of amides is 2. The van der Waals surface area contributed by atoms with E-state index in [2.05, 4.69) is 4.74 Å². The Labute approximate surface area is 123 Å². The van der Waals surface area contributed by atoms with Crippen LogP contribution in [0, 0.1) is 0 Å². The lowest BCUT2D eigenvalue weighted by Crippen LogP contribution is -2.57. The van der Waals surface area contributed by atoms with Crippen molar-refractivity contribution in [2.24, 2.45) is 0 Å². The first-order chi connectivity index (χ1) is 10.3. The summed E-state index contributed by atoms with van der Waals surface area (Å²) in [4.78, 5) is 62.0. The highest BCUT2D eigenvalue weighted by Gasteiger charge is 2.59. The number of hydrogen-bond acceptors (Lipinski definition) is 8. The van der Waals surface area contributed by atoms with Crippen molar-refractivity contribution >= 4 is 29.7 Å². The van der Waals surface area contributed by atoms with Gasteiger partial charge in [-0.1, -0.05) is 0 Å². The number of carbonyl (C=O) groups is 5. The van der Waals surface area contributed by atoms with Gasteiger partial charge in [0, 0.05) is 6.42 Å². The fourth-order valence-electron chi connectivity index (χ4n) is 2.06. The van der Waals surface area contributed by atoms with E-state index in [9.17, 15) is 29.1 Å². The number of ether oxygens (including phenoxy) is 2. The second-order valence-electron chi connectivity index (χ2n) is 4.51. The molecule has 11 nitrogen and oxygen atoms in total. The maximum atomic E-state index is 12.1. The van der Waals surface area contributed by atoms with Crippen molar-refractivity contribution < 1.29 is 43.4 Å². The highest BCUT2D eigenvalue weighted by Crippen LogP contribution is 2.33. The molecule has 22 heavy (non-hydrogen) atoms. The highest BCUT2D eigenvalue weighted by atomic mass is 16.7. The number of hydrogen-bond donors (Lipinski definition) is 2. The number of cyclic esters (lactones) is 1. The lowest BCUT2D eigenvalue weighted by Gasteiger charge is -2.30. The first kappa shape index (κ1) is 15.7. The predicted molar refractivity (Wildman–Crippen MR) is 62.4 cm³/mol. The van der Waals surface area contributed by atoms with Gasteiger partial charge in [-0.05, 0) is 0 Å². The fourth-order valence-corrected chi connectivity index (χ4v) is 2.06. The second-order valence-corrected chi connectivity index (χ2v) is 4.51. The summed E-state index contributed by atoms with van der Waals surface area (Å²) in [5, 5.41) is 11.7. The molecule has 2 atom stereocenters. The Morgan fingerprint density at radius 1 is 1.41 bits per heavy atom. The molecule has 0 aromatic heterocycles. The number of nitrogens with zero attached hydrogens (tertiary/aromatic N) is 1. The van der Waals surface area contributed by atoms with Crippen molar-refractivity contribution in [2.75, 3.05) is 13.7 Å². The highest BCUT2D eigenvalue weighted by molar-refractivity contribution is 6.32. The molecular formula is C11H12N2O9. The van der Waals surface area contributed by atoms with Crippen LogP contribution in [0.1, 0.15) is 12.8 Å². The molecule has 2 amide bonds. The van der Waals surface area contributed by atoms with Gasteiger partial charge >= 0.3 is 29.5 Å². The minimum atomic E-state index is -2.26. The van der Waals surface area contributed by atoms with Crippen LogP contribution in [0.2, 0.25) is 0 Å². The van der Waals surface area contributed by atoms with Crippen LogP contribution in [0.4, 0.5) is 0 Å². The van der Waals surface area contributed by atoms with E-state index < -0.39 is 48.1 Å². The molecule has 2 heterocycles. The van der Waals surface area contributed by atoms with E-state index in [-0.39, 0.29) is 12.8 Å². The smallest absolute Gasteiger partial charge is 0.396 e. The molecule has 0 bridgehead atoms. The largest absolute Gasteiger partial charge is 0.477 e. The summed E-state index contributed by atoms with van der Waals surface area (Å²) in [6.45, 7) is -0.409. The molecule has 120 valence electrons. The van der Waals surface area contributed by atoms with Gasteiger partial charge in [-0.2, -0.15) is 5.06 Å². The van der Waals surface area contributed by atoms with Crippen LogP contribution in [0.5, 0.6) is 0 Å². The van der Waals surface area contributed by atoms with Crippen LogP contribution in [0.25, 0.3) is 0 Å². The molecule has 2 saturated heterocycles. The number of methoxy groups -OCH3 is 1. The lowest BCUT2D eigenvalue weighted by atomic mass is 10.1. The number of aliphatic carboxylic acids is 1. The van der Waals surface area contributed by atoms with Gasteiger partial charge < -0.3 is 19.9 Å². The molecule has 0 saturated carbocycles. The number of nitrogens with one attached hydrogen (secondary N) is 1. The molecule has 0 aliphatic carbocycles. The zero-order valence-electron chi connectivity index (χ0n) is 11.4. The number of carboxylic acid groups (broad SMARTS) is 1. The summed E-state index contributed by atoms with van der Waals surface area (Å²) in [7, 11) is 0.985. The Balaban J connectivity index is 2.13. The van der Waals surface area contributed by atoms with Gasteiger partial charge in [0.15, 0.2) is 0 Å². The quantitative estimate of drug-likeness (QED) is 0.427. The van der Waals surface area contributed by atoms with E-state index in [1.54, 1.807) is 0 Å². The summed E-state index contributed by atoms with van der Waals surface area (Å²) in [6.07, 6.45) is -0.483. The van der Waals surface area contributed by atoms with Crippen LogP contribution >= 0.6 is 0 Å². The molecule has 0 aromatic carbocycles. The number of esters is 2. The molecule has 2 N–H and O–H groups in total. The van der Waals surface area contributed by atoms with Gasteiger partial charge in [0.1, 0.15) is 12.6 Å². The van der Waals surface area contributed by atoms with Crippen LogP contribution in [-0.2, 0) is 38.3 Å². The number of hydroxylamine groups is 2. The van der Waals surface area contributed by atoms with Gasteiger partial charge in [0.2, 0.25) is 0 Å². The third kappa shape index (κ3) is 2.45. The molecule has 0 radical (unpaired) electrons. The van der Waals surface area contributed by atoms with E-state index in [1.165, 1.54) is 0 Å². The van der Waals surface area contributed by atoms with Crippen molar-refractivity contribution in [2.45, 2.75) is 24.6 Å². The molecule has 11 heteroatoms. The first-order valence-corrected chi connectivity index (χ1v) is 6.13. The van der Waals surface area contributed by atoms with Crippen LogP contribution < -0.4 is 5.32 Å². The Bertz CT molecular complexity index is 560.